The number of nitrogens with one attached hydrogen (secondary N) is 1. The highest BCUT2D eigenvalue weighted by Crippen LogP contribution is 2.25. The van der Waals surface area contributed by atoms with Gasteiger partial charge in [0.25, 0.3) is 0 Å². The molecule has 1 amide bonds. The Bertz CT molecular complexity index is 1080. The number of aromatic nitrogens is 3. The van der Waals surface area contributed by atoms with E-state index in [2.05, 4.69) is 38.8 Å². The SMILES string of the molecule is Cc1ccc(NC(=O)CSc2nnc(N3CCOCC3)n2CC(C)C)cc1S(=O)(=O)N(C)C. The van der Waals surface area contributed by atoms with Gasteiger partial charge in [-0.1, -0.05) is 31.7 Å². The molecule has 2 heterocycles. The smallest absolute Gasteiger partial charge is 0.242 e. The lowest BCUT2D eigenvalue weighted by Crippen LogP contribution is -2.38. The Morgan fingerprint density at radius 2 is 1.94 bits per heavy atom. The third-order valence-corrected chi connectivity index (χ3v) is 8.03. The van der Waals surface area contributed by atoms with Gasteiger partial charge in [0.1, 0.15) is 0 Å². The van der Waals surface area contributed by atoms with E-state index in [4.69, 9.17) is 4.74 Å². The van der Waals surface area contributed by atoms with Gasteiger partial charge in [-0.3, -0.25) is 9.36 Å². The van der Waals surface area contributed by atoms with Crippen molar-refractivity contribution in [1.82, 2.24) is 19.1 Å². The van der Waals surface area contributed by atoms with E-state index in [1.54, 1.807) is 19.1 Å². The monoisotopic (exact) mass is 496 g/mol. The number of amides is 1. The van der Waals surface area contributed by atoms with Gasteiger partial charge in [0.2, 0.25) is 21.9 Å². The summed E-state index contributed by atoms with van der Waals surface area (Å²) in [5.41, 5.74) is 1.05. The maximum absolute atomic E-state index is 12.6. The van der Waals surface area contributed by atoms with Crippen molar-refractivity contribution in [2.24, 2.45) is 5.92 Å². The lowest BCUT2D eigenvalue weighted by molar-refractivity contribution is -0.113. The number of hydrogen-bond donors (Lipinski definition) is 1. The summed E-state index contributed by atoms with van der Waals surface area (Å²) in [6.07, 6.45) is 0. The van der Waals surface area contributed by atoms with Gasteiger partial charge < -0.3 is 15.0 Å². The largest absolute Gasteiger partial charge is 0.378 e. The molecule has 0 saturated carbocycles. The van der Waals surface area contributed by atoms with E-state index < -0.39 is 10.0 Å². The molecule has 1 saturated heterocycles. The number of hydrogen-bond acceptors (Lipinski definition) is 8. The molecular formula is C21H32N6O4S2. The molecule has 1 fully saturated rings. The van der Waals surface area contributed by atoms with Crippen LogP contribution in [0.2, 0.25) is 0 Å². The van der Waals surface area contributed by atoms with Gasteiger partial charge >= 0.3 is 0 Å². The second-order valence-corrected chi connectivity index (χ2v) is 11.6. The zero-order valence-corrected chi connectivity index (χ0v) is 21.4. The molecule has 0 spiro atoms. The number of thioether (sulfide) groups is 1. The zero-order chi connectivity index (χ0) is 24.2. The first-order chi connectivity index (χ1) is 15.6. The van der Waals surface area contributed by atoms with E-state index in [0.29, 0.717) is 35.5 Å². The average Bonchev–Trinajstić information content (AvgIpc) is 3.15. The maximum Gasteiger partial charge on any atom is 0.242 e. The Labute approximate surface area is 199 Å². The van der Waals surface area contributed by atoms with E-state index in [0.717, 1.165) is 29.9 Å². The van der Waals surface area contributed by atoms with Gasteiger partial charge in [-0.2, -0.15) is 0 Å². The lowest BCUT2D eigenvalue weighted by Gasteiger charge is -2.28. The van der Waals surface area contributed by atoms with Gasteiger partial charge in [-0.25, -0.2) is 12.7 Å². The summed E-state index contributed by atoms with van der Waals surface area (Å²) in [4.78, 5) is 15.0. The Hall–Kier alpha value is -2.15. The molecule has 12 heteroatoms. The van der Waals surface area contributed by atoms with Crippen LogP contribution in [0.4, 0.5) is 11.6 Å². The number of rotatable bonds is 9. The minimum Gasteiger partial charge on any atom is -0.378 e. The summed E-state index contributed by atoms with van der Waals surface area (Å²) in [5, 5.41) is 12.2. The first kappa shape index (κ1) is 25.5. The standard InChI is InChI=1S/C21H32N6O4S2/c1-15(2)13-27-20(26-8-10-31-11-9-26)23-24-21(27)32-14-19(28)22-17-7-6-16(3)18(12-17)33(29,30)25(4)5/h6-7,12,15H,8-11,13-14H2,1-5H3,(H,22,28). The van der Waals surface area contributed by atoms with E-state index in [-0.39, 0.29) is 16.6 Å². The molecular weight excluding hydrogens is 464 g/mol. The zero-order valence-electron chi connectivity index (χ0n) is 19.7. The van der Waals surface area contributed by atoms with Crippen molar-refractivity contribution in [2.75, 3.05) is 56.4 Å². The van der Waals surface area contributed by atoms with Crippen LogP contribution in [0.3, 0.4) is 0 Å². The number of benzene rings is 1. The normalized spacial score (nSPS) is 14.8. The molecule has 3 rings (SSSR count). The molecule has 0 radical (unpaired) electrons. The average molecular weight is 497 g/mol. The number of aryl methyl sites for hydroxylation is 1. The highest BCUT2D eigenvalue weighted by molar-refractivity contribution is 7.99. The second kappa shape index (κ2) is 10.9. The summed E-state index contributed by atoms with van der Waals surface area (Å²) in [5.74, 6) is 1.07. The van der Waals surface area contributed by atoms with Crippen molar-refractivity contribution >= 4 is 39.3 Å². The summed E-state index contributed by atoms with van der Waals surface area (Å²) in [7, 11) is -0.642. The molecule has 0 aliphatic carbocycles. The number of carbonyl (C=O) groups excluding carboxylic acids is 1. The highest BCUT2D eigenvalue weighted by atomic mass is 32.2. The van der Waals surface area contributed by atoms with E-state index in [1.165, 1.54) is 31.9 Å². The number of sulfonamides is 1. The van der Waals surface area contributed by atoms with E-state index in [1.807, 2.05) is 0 Å². The van der Waals surface area contributed by atoms with Crippen LogP contribution in [-0.2, 0) is 26.1 Å². The van der Waals surface area contributed by atoms with Crippen molar-refractivity contribution in [3.63, 3.8) is 0 Å². The number of anilines is 2. The minimum absolute atomic E-state index is 0.128. The number of nitrogens with zero attached hydrogens (tertiary/aromatic N) is 5. The van der Waals surface area contributed by atoms with Crippen molar-refractivity contribution in [3.8, 4) is 0 Å². The maximum atomic E-state index is 12.6. The molecule has 0 atom stereocenters. The molecule has 1 N–H and O–H groups in total. The molecule has 33 heavy (non-hydrogen) atoms. The topological polar surface area (TPSA) is 110 Å². The van der Waals surface area contributed by atoms with Crippen molar-refractivity contribution in [2.45, 2.75) is 37.4 Å². The lowest BCUT2D eigenvalue weighted by atomic mass is 10.2. The van der Waals surface area contributed by atoms with Gasteiger partial charge in [-0.05, 0) is 30.5 Å². The fourth-order valence-corrected chi connectivity index (χ4v) is 5.28. The Kier molecular flexibility index (Phi) is 8.38. The van der Waals surface area contributed by atoms with Crippen molar-refractivity contribution in [1.29, 1.82) is 0 Å². The molecule has 1 aromatic heterocycles. The van der Waals surface area contributed by atoms with E-state index in [9.17, 15) is 13.2 Å². The Balaban J connectivity index is 1.71. The molecule has 2 aromatic rings. The Morgan fingerprint density at radius 3 is 2.58 bits per heavy atom. The molecule has 1 aliphatic rings. The second-order valence-electron chi connectivity index (χ2n) is 8.49. The quantitative estimate of drug-likeness (QED) is 0.526. The summed E-state index contributed by atoms with van der Waals surface area (Å²) >= 11 is 1.31. The molecule has 0 bridgehead atoms. The fourth-order valence-electron chi connectivity index (χ4n) is 3.39. The third-order valence-electron chi connectivity index (χ3n) is 5.10. The summed E-state index contributed by atoms with van der Waals surface area (Å²) < 4.78 is 33.7. The van der Waals surface area contributed by atoms with E-state index >= 15 is 0 Å². The highest BCUT2D eigenvalue weighted by Gasteiger charge is 2.23. The predicted molar refractivity (Wildman–Crippen MR) is 129 cm³/mol. The van der Waals surface area contributed by atoms with Gasteiger partial charge in [0, 0.05) is 39.4 Å². The predicted octanol–water partition coefficient (Wildman–Crippen LogP) is 2.06. The molecule has 1 aliphatic heterocycles. The fraction of sp³-hybridized carbons (Fsp3) is 0.571. The number of ether oxygens (including phenoxy) is 1. The molecule has 1 aromatic carbocycles. The molecule has 10 nitrogen and oxygen atoms in total. The van der Waals surface area contributed by atoms with Crippen LogP contribution >= 0.6 is 11.8 Å². The summed E-state index contributed by atoms with van der Waals surface area (Å²) in [6.45, 7) is 9.55. The summed E-state index contributed by atoms with van der Waals surface area (Å²) in [6, 6.07) is 4.88. The van der Waals surface area contributed by atoms with Crippen LogP contribution in [0.25, 0.3) is 0 Å². The van der Waals surface area contributed by atoms with Gasteiger partial charge in [-0.15, -0.1) is 10.2 Å². The van der Waals surface area contributed by atoms with Crippen LogP contribution in [0, 0.1) is 12.8 Å². The van der Waals surface area contributed by atoms with Gasteiger partial charge in [0.05, 0.1) is 23.9 Å². The first-order valence-electron chi connectivity index (χ1n) is 10.8. The van der Waals surface area contributed by atoms with Crippen LogP contribution in [0.15, 0.2) is 28.3 Å². The Morgan fingerprint density at radius 1 is 1.24 bits per heavy atom. The van der Waals surface area contributed by atoms with Crippen molar-refractivity contribution < 1.29 is 17.9 Å². The number of carbonyl (C=O) groups is 1. The third kappa shape index (κ3) is 6.25. The van der Waals surface area contributed by atoms with Gasteiger partial charge in [0.15, 0.2) is 5.16 Å². The molecule has 182 valence electrons. The van der Waals surface area contributed by atoms with Crippen LogP contribution in [0.1, 0.15) is 19.4 Å². The van der Waals surface area contributed by atoms with Crippen LogP contribution in [-0.4, -0.2) is 79.5 Å². The van der Waals surface area contributed by atoms with Crippen LogP contribution in [0.5, 0.6) is 0 Å². The number of morpholine rings is 1. The first-order valence-corrected chi connectivity index (χ1v) is 13.2. The molecule has 0 unspecified atom stereocenters. The minimum atomic E-state index is -3.60. The van der Waals surface area contributed by atoms with Crippen molar-refractivity contribution in [3.05, 3.63) is 23.8 Å². The van der Waals surface area contributed by atoms with Crippen LogP contribution < -0.4 is 10.2 Å².